The number of ether oxygens (including phenoxy) is 1. The van der Waals surface area contributed by atoms with Gasteiger partial charge in [0.05, 0.1) is 18.0 Å². The van der Waals surface area contributed by atoms with Gasteiger partial charge in [-0.2, -0.15) is 0 Å². The van der Waals surface area contributed by atoms with E-state index in [1.165, 1.54) is 12.3 Å². The van der Waals surface area contributed by atoms with Crippen molar-refractivity contribution in [3.8, 4) is 0 Å². The van der Waals surface area contributed by atoms with Crippen LogP contribution < -0.4 is 15.5 Å². The third-order valence-electron chi connectivity index (χ3n) is 9.72. The molecule has 6 heterocycles. The molecule has 1 aromatic heterocycles. The summed E-state index contributed by atoms with van der Waals surface area (Å²) in [4.78, 5) is 29.7. The van der Waals surface area contributed by atoms with E-state index < -0.39 is 24.7 Å². The Morgan fingerprint density at radius 2 is 1.95 bits per heavy atom. The van der Waals surface area contributed by atoms with E-state index in [-0.39, 0.29) is 30.3 Å². The number of carbonyl (C=O) groups is 1. The van der Waals surface area contributed by atoms with E-state index >= 15 is 0 Å². The monoisotopic (exact) mass is 599 g/mol. The highest BCUT2D eigenvalue weighted by Crippen LogP contribution is 2.43. The summed E-state index contributed by atoms with van der Waals surface area (Å²) in [6.45, 7) is 9.72. The molecule has 9 nitrogen and oxygen atoms in total. The summed E-state index contributed by atoms with van der Waals surface area (Å²) < 4.78 is 48.6. The minimum atomic E-state index is -2.71. The quantitative estimate of drug-likeness (QED) is 0.502. The van der Waals surface area contributed by atoms with Gasteiger partial charge in [0.2, 0.25) is 5.91 Å². The Balaban J connectivity index is 1.22. The third-order valence-corrected chi connectivity index (χ3v) is 9.72. The number of aromatic nitrogens is 1. The van der Waals surface area contributed by atoms with Gasteiger partial charge in [-0.25, -0.2) is 18.2 Å². The number of fused-ring (bicyclic) bond motifs is 3. The van der Waals surface area contributed by atoms with Crippen molar-refractivity contribution in [2.24, 2.45) is 10.7 Å². The average Bonchev–Trinajstić information content (AvgIpc) is 3.16. The van der Waals surface area contributed by atoms with Gasteiger partial charge in [-0.05, 0) is 44.0 Å². The van der Waals surface area contributed by atoms with Crippen molar-refractivity contribution in [1.82, 2.24) is 14.8 Å². The van der Waals surface area contributed by atoms with Crippen LogP contribution in [0.15, 0.2) is 41.6 Å². The summed E-state index contributed by atoms with van der Waals surface area (Å²) in [5.41, 5.74) is 7.65. The van der Waals surface area contributed by atoms with Gasteiger partial charge in [-0.3, -0.25) is 14.7 Å². The van der Waals surface area contributed by atoms with Crippen LogP contribution in [0, 0.1) is 0 Å². The second-order valence-electron chi connectivity index (χ2n) is 12.0. The van der Waals surface area contributed by atoms with Crippen molar-refractivity contribution in [2.45, 2.75) is 56.3 Å². The molecule has 43 heavy (non-hydrogen) atoms. The summed E-state index contributed by atoms with van der Waals surface area (Å²) in [6.07, 6.45) is 5.79. The summed E-state index contributed by atoms with van der Waals surface area (Å²) in [5.74, 6) is 0.484. The maximum atomic E-state index is 14.4. The van der Waals surface area contributed by atoms with Crippen LogP contribution in [0.1, 0.15) is 43.9 Å². The van der Waals surface area contributed by atoms with Crippen LogP contribution >= 0.6 is 0 Å². The number of hydrogen-bond acceptors (Lipinski definition) is 8. The molecule has 1 amide bonds. The first kappa shape index (κ1) is 29.7. The molecule has 5 aliphatic heterocycles. The van der Waals surface area contributed by atoms with Gasteiger partial charge >= 0.3 is 0 Å². The van der Waals surface area contributed by atoms with Crippen LogP contribution in [0.5, 0.6) is 0 Å². The topological polar surface area (TPSA) is 90.5 Å². The predicted molar refractivity (Wildman–Crippen MR) is 161 cm³/mol. The average molecular weight is 600 g/mol. The van der Waals surface area contributed by atoms with Crippen LogP contribution in [-0.2, 0) is 9.53 Å². The molecule has 12 heteroatoms. The molecule has 1 spiro atoms. The maximum absolute atomic E-state index is 14.4. The molecule has 1 aromatic rings. The number of pyridine rings is 1. The number of anilines is 2. The highest BCUT2D eigenvalue weighted by Gasteiger charge is 2.46. The SMILES string of the molecule is C=CC(=O)N1CCN(C2CN3c4cc(N5CCC6(CC5)OCC(CF)N=C6/C(C)=C\N)nc(C(F)F)c4C=CCC23)CC1. The van der Waals surface area contributed by atoms with Gasteiger partial charge in [0.15, 0.2) is 0 Å². The van der Waals surface area contributed by atoms with Gasteiger partial charge in [-0.1, -0.05) is 18.7 Å². The van der Waals surface area contributed by atoms with Crippen LogP contribution in [0.2, 0.25) is 0 Å². The van der Waals surface area contributed by atoms with Gasteiger partial charge in [0, 0.05) is 69.5 Å². The number of hydrogen-bond donors (Lipinski definition) is 1. The minimum absolute atomic E-state index is 0.0436. The zero-order valence-corrected chi connectivity index (χ0v) is 24.6. The van der Waals surface area contributed by atoms with Crippen molar-refractivity contribution in [3.05, 3.63) is 47.8 Å². The summed E-state index contributed by atoms with van der Waals surface area (Å²) in [7, 11) is 0. The Labute approximate surface area is 250 Å². The molecule has 0 aromatic carbocycles. The van der Waals surface area contributed by atoms with E-state index in [1.807, 2.05) is 28.9 Å². The van der Waals surface area contributed by atoms with Crippen molar-refractivity contribution in [1.29, 1.82) is 0 Å². The van der Waals surface area contributed by atoms with Crippen molar-refractivity contribution < 1.29 is 22.7 Å². The molecular weight excluding hydrogens is 559 g/mol. The number of nitrogens with two attached hydrogens (primary N) is 1. The van der Waals surface area contributed by atoms with Crippen molar-refractivity contribution in [3.63, 3.8) is 0 Å². The first-order chi connectivity index (χ1) is 20.8. The maximum Gasteiger partial charge on any atom is 0.281 e. The number of carbonyl (C=O) groups excluding carboxylic acids is 1. The van der Waals surface area contributed by atoms with Crippen LogP contribution in [-0.4, -0.2) is 109 Å². The Hall–Kier alpha value is -3.38. The highest BCUT2D eigenvalue weighted by atomic mass is 19.3. The van der Waals surface area contributed by atoms with Crippen LogP contribution in [0.3, 0.4) is 0 Å². The lowest BCUT2D eigenvalue weighted by Gasteiger charge is -2.55. The van der Waals surface area contributed by atoms with Gasteiger partial charge < -0.3 is 25.2 Å². The predicted octanol–water partition coefficient (Wildman–Crippen LogP) is 3.33. The Bertz CT molecular complexity index is 1330. The van der Waals surface area contributed by atoms with E-state index in [0.29, 0.717) is 56.1 Å². The molecule has 3 unspecified atom stereocenters. The normalized spacial score (nSPS) is 27.4. The van der Waals surface area contributed by atoms with E-state index in [1.54, 1.807) is 6.08 Å². The fourth-order valence-electron chi connectivity index (χ4n) is 7.22. The Kier molecular flexibility index (Phi) is 8.25. The summed E-state index contributed by atoms with van der Waals surface area (Å²) in [6, 6.07) is 1.85. The molecule has 3 fully saturated rings. The zero-order chi connectivity index (χ0) is 30.3. The zero-order valence-electron chi connectivity index (χ0n) is 24.6. The number of rotatable bonds is 6. The second kappa shape index (κ2) is 12.0. The summed E-state index contributed by atoms with van der Waals surface area (Å²) >= 11 is 0. The fourth-order valence-corrected chi connectivity index (χ4v) is 7.22. The largest absolute Gasteiger partial charge is 0.404 e. The summed E-state index contributed by atoms with van der Waals surface area (Å²) in [5, 5.41) is 0. The number of alkyl halides is 3. The van der Waals surface area contributed by atoms with E-state index in [4.69, 9.17) is 10.5 Å². The second-order valence-corrected chi connectivity index (χ2v) is 12.0. The molecule has 232 valence electrons. The lowest BCUT2D eigenvalue weighted by Crippen LogP contribution is -2.69. The van der Waals surface area contributed by atoms with Crippen LogP contribution in [0.4, 0.5) is 24.7 Å². The smallest absolute Gasteiger partial charge is 0.281 e. The first-order valence-corrected chi connectivity index (χ1v) is 15.1. The van der Waals surface area contributed by atoms with E-state index in [9.17, 15) is 18.0 Å². The first-order valence-electron chi connectivity index (χ1n) is 15.1. The third kappa shape index (κ3) is 5.32. The van der Waals surface area contributed by atoms with E-state index in [2.05, 4.69) is 26.4 Å². The molecule has 3 saturated heterocycles. The molecule has 5 aliphatic rings. The highest BCUT2D eigenvalue weighted by molar-refractivity contribution is 6.06. The molecule has 0 saturated carbocycles. The molecule has 6 rings (SSSR count). The number of piperidine rings is 1. The number of nitrogens with zero attached hydrogens (tertiary/aromatic N) is 6. The van der Waals surface area contributed by atoms with Crippen LogP contribution in [0.25, 0.3) is 6.08 Å². The molecular formula is C31H40F3N7O2. The number of aliphatic imine (C=N–C) groups is 1. The van der Waals surface area contributed by atoms with E-state index in [0.717, 1.165) is 37.3 Å². The number of piperazine rings is 1. The molecule has 3 atom stereocenters. The van der Waals surface area contributed by atoms with Gasteiger partial charge in [0.1, 0.15) is 29.8 Å². The lowest BCUT2D eigenvalue weighted by molar-refractivity contribution is -0.128. The minimum Gasteiger partial charge on any atom is -0.404 e. The Morgan fingerprint density at radius 3 is 2.60 bits per heavy atom. The molecule has 2 N–H and O–H groups in total. The molecule has 0 bridgehead atoms. The van der Waals surface area contributed by atoms with Crippen molar-refractivity contribution >= 4 is 29.2 Å². The fraction of sp³-hybridized carbons (Fsp3) is 0.581. The standard InChI is InChI=1S/C31H40F3N7O2/c1-3-27(42)40-13-11-38(12-14-40)25-18-41-23(25)6-4-5-22-24(41)15-26(37-28(22)30(33)34)39-9-7-31(8-10-39)29(20(2)17-35)36-21(16-32)19-43-31/h3-5,15,17,21,23,25,30H,1,6-14,16,18-19,35H2,2H3/b20-17-. The van der Waals surface area contributed by atoms with Gasteiger partial charge in [-0.15, -0.1) is 0 Å². The number of amides is 1. The van der Waals surface area contributed by atoms with Gasteiger partial charge in [0.25, 0.3) is 6.43 Å². The molecule has 0 aliphatic carbocycles. The van der Waals surface area contributed by atoms with Crippen molar-refractivity contribution in [2.75, 3.05) is 68.9 Å². The molecule has 0 radical (unpaired) electrons. The Morgan fingerprint density at radius 1 is 1.21 bits per heavy atom. The lowest BCUT2D eigenvalue weighted by atomic mass is 9.82. The number of halogens is 3.